The lowest BCUT2D eigenvalue weighted by Crippen LogP contribution is -2.38. The molecular formula is C15H19Cl2NO3S. The molecule has 0 aliphatic carbocycles. The molecule has 2 rings (SSSR count). The SMILES string of the molecule is CC1CCN(C(=O)CCS(=O)(=O)c2ccc(Cl)c(Cl)c2)CC1. The largest absolute Gasteiger partial charge is 0.343 e. The molecule has 1 aliphatic rings. The Labute approximate surface area is 141 Å². The van der Waals surface area contributed by atoms with Crippen molar-refractivity contribution in [2.45, 2.75) is 31.1 Å². The number of amides is 1. The summed E-state index contributed by atoms with van der Waals surface area (Å²) >= 11 is 11.6. The lowest BCUT2D eigenvalue weighted by atomic mass is 9.99. The molecule has 7 heteroatoms. The van der Waals surface area contributed by atoms with Gasteiger partial charge in [-0.3, -0.25) is 4.79 Å². The van der Waals surface area contributed by atoms with Gasteiger partial charge in [0.1, 0.15) is 0 Å². The zero-order valence-electron chi connectivity index (χ0n) is 12.4. The fourth-order valence-corrected chi connectivity index (χ4v) is 4.04. The number of sulfone groups is 1. The number of carbonyl (C=O) groups excluding carboxylic acids is 1. The number of halogens is 2. The van der Waals surface area contributed by atoms with Crippen LogP contribution >= 0.6 is 23.2 Å². The van der Waals surface area contributed by atoms with Gasteiger partial charge in [0.05, 0.1) is 20.7 Å². The zero-order valence-corrected chi connectivity index (χ0v) is 14.7. The molecule has 122 valence electrons. The highest BCUT2D eigenvalue weighted by Crippen LogP contribution is 2.25. The Kier molecular flexibility index (Phi) is 5.75. The summed E-state index contributed by atoms with van der Waals surface area (Å²) in [5.74, 6) is 0.315. The van der Waals surface area contributed by atoms with E-state index in [4.69, 9.17) is 23.2 Å². The van der Waals surface area contributed by atoms with Gasteiger partial charge in [0.15, 0.2) is 9.84 Å². The third-order valence-corrected chi connectivity index (χ3v) is 6.42. The average molecular weight is 364 g/mol. The quantitative estimate of drug-likeness (QED) is 0.823. The first-order valence-electron chi connectivity index (χ1n) is 7.25. The van der Waals surface area contributed by atoms with Gasteiger partial charge in [-0.05, 0) is 37.0 Å². The molecule has 4 nitrogen and oxygen atoms in total. The third kappa shape index (κ3) is 4.37. The predicted octanol–water partition coefficient (Wildman–Crippen LogP) is 3.42. The van der Waals surface area contributed by atoms with E-state index in [0.717, 1.165) is 12.8 Å². The summed E-state index contributed by atoms with van der Waals surface area (Å²) in [7, 11) is -3.53. The second-order valence-electron chi connectivity index (χ2n) is 5.71. The minimum atomic E-state index is -3.53. The Morgan fingerprint density at radius 1 is 1.23 bits per heavy atom. The summed E-state index contributed by atoms with van der Waals surface area (Å²) < 4.78 is 24.5. The Morgan fingerprint density at radius 2 is 1.86 bits per heavy atom. The number of rotatable bonds is 4. The van der Waals surface area contributed by atoms with Crippen molar-refractivity contribution < 1.29 is 13.2 Å². The van der Waals surface area contributed by atoms with Gasteiger partial charge in [-0.25, -0.2) is 8.42 Å². The van der Waals surface area contributed by atoms with Crippen LogP contribution in [0.1, 0.15) is 26.2 Å². The van der Waals surface area contributed by atoms with Crippen molar-refractivity contribution >= 4 is 38.9 Å². The van der Waals surface area contributed by atoms with Crippen LogP contribution in [0.5, 0.6) is 0 Å². The van der Waals surface area contributed by atoms with Crippen molar-refractivity contribution in [1.29, 1.82) is 0 Å². The normalized spacial score (nSPS) is 16.8. The molecule has 1 fully saturated rings. The topological polar surface area (TPSA) is 54.5 Å². The van der Waals surface area contributed by atoms with Crippen LogP contribution in [0.25, 0.3) is 0 Å². The number of carbonyl (C=O) groups is 1. The van der Waals surface area contributed by atoms with E-state index < -0.39 is 9.84 Å². The number of hydrogen-bond acceptors (Lipinski definition) is 3. The van der Waals surface area contributed by atoms with Crippen LogP contribution in [0.3, 0.4) is 0 Å². The van der Waals surface area contributed by atoms with Crippen molar-refractivity contribution in [3.8, 4) is 0 Å². The molecule has 0 bridgehead atoms. The van der Waals surface area contributed by atoms with Crippen LogP contribution in [-0.4, -0.2) is 38.1 Å². The Hall–Kier alpha value is -0.780. The van der Waals surface area contributed by atoms with Crippen molar-refractivity contribution in [3.63, 3.8) is 0 Å². The molecule has 0 unspecified atom stereocenters. The minimum absolute atomic E-state index is 0.00302. The van der Waals surface area contributed by atoms with Gasteiger partial charge < -0.3 is 4.90 Å². The van der Waals surface area contributed by atoms with E-state index in [1.165, 1.54) is 18.2 Å². The first kappa shape index (κ1) is 17.6. The highest BCUT2D eigenvalue weighted by atomic mass is 35.5. The lowest BCUT2D eigenvalue weighted by Gasteiger charge is -2.30. The van der Waals surface area contributed by atoms with Gasteiger partial charge in [0.25, 0.3) is 0 Å². The number of likely N-dealkylation sites (tertiary alicyclic amines) is 1. The maximum Gasteiger partial charge on any atom is 0.223 e. The second kappa shape index (κ2) is 7.20. The maximum absolute atomic E-state index is 12.3. The van der Waals surface area contributed by atoms with Crippen LogP contribution in [0.4, 0.5) is 0 Å². The van der Waals surface area contributed by atoms with E-state index >= 15 is 0 Å². The second-order valence-corrected chi connectivity index (χ2v) is 8.63. The van der Waals surface area contributed by atoms with Gasteiger partial charge in [0, 0.05) is 19.5 Å². The monoisotopic (exact) mass is 363 g/mol. The predicted molar refractivity (Wildman–Crippen MR) is 88.1 cm³/mol. The van der Waals surface area contributed by atoms with E-state index in [1.54, 1.807) is 4.90 Å². The molecule has 0 radical (unpaired) electrons. The summed E-state index contributed by atoms with van der Waals surface area (Å²) in [6.45, 7) is 3.59. The molecule has 1 aromatic rings. The van der Waals surface area contributed by atoms with Gasteiger partial charge in [-0.15, -0.1) is 0 Å². The highest BCUT2D eigenvalue weighted by Gasteiger charge is 2.23. The van der Waals surface area contributed by atoms with Crippen molar-refractivity contribution in [2.24, 2.45) is 5.92 Å². The number of nitrogens with zero attached hydrogens (tertiary/aromatic N) is 1. The molecule has 0 spiro atoms. The first-order valence-corrected chi connectivity index (χ1v) is 9.66. The van der Waals surface area contributed by atoms with Crippen LogP contribution < -0.4 is 0 Å². The number of hydrogen-bond donors (Lipinski definition) is 0. The van der Waals surface area contributed by atoms with E-state index in [9.17, 15) is 13.2 Å². The van der Waals surface area contributed by atoms with Crippen LogP contribution in [0.15, 0.2) is 23.1 Å². The van der Waals surface area contributed by atoms with E-state index in [1.807, 2.05) is 0 Å². The van der Waals surface area contributed by atoms with Crippen LogP contribution in [0, 0.1) is 5.92 Å². The molecule has 1 aliphatic heterocycles. The van der Waals surface area contributed by atoms with Crippen molar-refractivity contribution in [2.75, 3.05) is 18.8 Å². The molecule has 0 saturated carbocycles. The summed E-state index contributed by atoms with van der Waals surface area (Å²) in [5.41, 5.74) is 0. The molecule has 1 amide bonds. The van der Waals surface area contributed by atoms with E-state index in [0.29, 0.717) is 24.0 Å². The van der Waals surface area contributed by atoms with E-state index in [2.05, 4.69) is 6.92 Å². The average Bonchev–Trinajstić information content (AvgIpc) is 2.48. The fraction of sp³-hybridized carbons (Fsp3) is 0.533. The van der Waals surface area contributed by atoms with Gasteiger partial charge in [-0.1, -0.05) is 30.1 Å². The highest BCUT2D eigenvalue weighted by molar-refractivity contribution is 7.91. The minimum Gasteiger partial charge on any atom is -0.343 e. The smallest absolute Gasteiger partial charge is 0.223 e. The molecule has 0 atom stereocenters. The van der Waals surface area contributed by atoms with Crippen LogP contribution in [-0.2, 0) is 14.6 Å². The van der Waals surface area contributed by atoms with Gasteiger partial charge in [0.2, 0.25) is 5.91 Å². The summed E-state index contributed by atoms with van der Waals surface area (Å²) in [6, 6.07) is 4.19. The number of benzene rings is 1. The fourth-order valence-electron chi connectivity index (χ4n) is 2.43. The Bertz CT molecular complexity index is 653. The molecule has 0 aromatic heterocycles. The molecule has 1 heterocycles. The Morgan fingerprint density at radius 3 is 2.45 bits per heavy atom. The van der Waals surface area contributed by atoms with Crippen molar-refractivity contribution in [1.82, 2.24) is 4.90 Å². The molecule has 0 N–H and O–H groups in total. The van der Waals surface area contributed by atoms with Gasteiger partial charge >= 0.3 is 0 Å². The molecule has 1 saturated heterocycles. The van der Waals surface area contributed by atoms with Crippen LogP contribution in [0.2, 0.25) is 10.0 Å². The molecule has 22 heavy (non-hydrogen) atoms. The van der Waals surface area contributed by atoms with Crippen molar-refractivity contribution in [3.05, 3.63) is 28.2 Å². The summed E-state index contributed by atoms with van der Waals surface area (Å²) in [4.78, 5) is 14.0. The zero-order chi connectivity index (χ0) is 16.3. The molecular weight excluding hydrogens is 345 g/mol. The maximum atomic E-state index is 12.3. The van der Waals surface area contributed by atoms with Gasteiger partial charge in [-0.2, -0.15) is 0 Å². The summed E-state index contributed by atoms with van der Waals surface area (Å²) in [5, 5.41) is 0.498. The lowest BCUT2D eigenvalue weighted by molar-refractivity contribution is -0.132. The number of piperidine rings is 1. The standard InChI is InChI=1S/C15H19Cl2NO3S/c1-11-4-7-18(8-5-11)15(19)6-9-22(20,21)12-2-3-13(16)14(17)10-12/h2-3,10-11H,4-9H2,1H3. The van der Waals surface area contributed by atoms with E-state index in [-0.39, 0.29) is 28.0 Å². The Balaban J connectivity index is 1.97. The first-order chi connectivity index (χ1) is 10.3. The molecule has 1 aromatic carbocycles. The summed E-state index contributed by atoms with van der Waals surface area (Å²) in [6.07, 6.45) is 1.95. The third-order valence-electron chi connectivity index (χ3n) is 3.97.